The number of carbonyl (C=O) groups excluding carboxylic acids is 1. The summed E-state index contributed by atoms with van der Waals surface area (Å²) >= 11 is 6.62. The van der Waals surface area contributed by atoms with E-state index in [1.807, 2.05) is 60.8 Å². The molecule has 0 saturated carbocycles. The van der Waals surface area contributed by atoms with E-state index in [0.29, 0.717) is 34.8 Å². The van der Waals surface area contributed by atoms with Crippen molar-refractivity contribution in [1.82, 2.24) is 20.1 Å². The number of rotatable bonds is 8. The first kappa shape index (κ1) is 24.8. The van der Waals surface area contributed by atoms with Crippen LogP contribution < -0.4 is 10.9 Å². The van der Waals surface area contributed by atoms with Gasteiger partial charge in [-0.25, -0.2) is 4.68 Å². The summed E-state index contributed by atoms with van der Waals surface area (Å²) in [5.41, 5.74) is 3.06. The van der Waals surface area contributed by atoms with Gasteiger partial charge in [0.1, 0.15) is 0 Å². The summed E-state index contributed by atoms with van der Waals surface area (Å²) in [6.45, 7) is 4.96. The molecule has 3 aromatic carbocycles. The molecule has 0 aliphatic rings. The van der Waals surface area contributed by atoms with Crippen molar-refractivity contribution in [2.45, 2.75) is 32.7 Å². The smallest absolute Gasteiger partial charge is 0.274 e. The lowest BCUT2D eigenvalue weighted by atomic mass is 9.90. The SMILES string of the molecule is CC(C)CCn1nc(C(=O)NC[C@@H](c2ccccc2Cl)c2c[nH]c3ccccc23)c2ccccc2c1=O. The molecule has 2 heterocycles. The summed E-state index contributed by atoms with van der Waals surface area (Å²) in [5.74, 6) is -0.108. The van der Waals surface area contributed by atoms with Gasteiger partial charge in [-0.2, -0.15) is 5.10 Å². The topological polar surface area (TPSA) is 79.8 Å². The summed E-state index contributed by atoms with van der Waals surface area (Å²) in [7, 11) is 0. The van der Waals surface area contributed by atoms with Gasteiger partial charge in [0.25, 0.3) is 11.5 Å². The Morgan fingerprint density at radius 1 is 0.946 bits per heavy atom. The molecule has 0 unspecified atom stereocenters. The van der Waals surface area contributed by atoms with Crippen molar-refractivity contribution < 1.29 is 4.79 Å². The van der Waals surface area contributed by atoms with E-state index in [0.717, 1.165) is 28.5 Å². The maximum absolute atomic E-state index is 13.6. The van der Waals surface area contributed by atoms with E-state index in [9.17, 15) is 9.59 Å². The number of aromatic nitrogens is 3. The zero-order valence-electron chi connectivity index (χ0n) is 20.9. The lowest BCUT2D eigenvalue weighted by Crippen LogP contribution is -2.33. The number of fused-ring (bicyclic) bond motifs is 2. The zero-order valence-corrected chi connectivity index (χ0v) is 21.6. The van der Waals surface area contributed by atoms with Crippen molar-refractivity contribution >= 4 is 39.2 Å². The highest BCUT2D eigenvalue weighted by Crippen LogP contribution is 2.34. The lowest BCUT2D eigenvalue weighted by molar-refractivity contribution is 0.0947. The molecular weight excluding hydrogens is 484 g/mol. The largest absolute Gasteiger partial charge is 0.361 e. The molecule has 0 saturated heterocycles. The Morgan fingerprint density at radius 2 is 1.62 bits per heavy atom. The fourth-order valence-electron chi connectivity index (χ4n) is 4.74. The lowest BCUT2D eigenvalue weighted by Gasteiger charge is -2.20. The molecule has 0 bridgehead atoms. The van der Waals surface area contributed by atoms with Gasteiger partial charge >= 0.3 is 0 Å². The van der Waals surface area contributed by atoms with Gasteiger partial charge in [0.2, 0.25) is 0 Å². The number of nitrogens with zero attached hydrogens (tertiary/aromatic N) is 2. The van der Waals surface area contributed by atoms with Crippen LogP contribution in [0.25, 0.3) is 21.7 Å². The van der Waals surface area contributed by atoms with E-state index in [4.69, 9.17) is 11.6 Å². The minimum absolute atomic E-state index is 0.180. The average molecular weight is 513 g/mol. The van der Waals surface area contributed by atoms with E-state index >= 15 is 0 Å². The first-order chi connectivity index (χ1) is 17.9. The van der Waals surface area contributed by atoms with E-state index in [1.54, 1.807) is 12.1 Å². The van der Waals surface area contributed by atoms with Gasteiger partial charge in [0, 0.05) is 46.5 Å². The molecule has 1 atom stereocenters. The Balaban J connectivity index is 1.51. The van der Waals surface area contributed by atoms with E-state index in [2.05, 4.69) is 35.3 Å². The molecule has 2 N–H and O–H groups in total. The number of aromatic amines is 1. The third-order valence-electron chi connectivity index (χ3n) is 6.75. The summed E-state index contributed by atoms with van der Waals surface area (Å²) < 4.78 is 1.42. The number of benzene rings is 3. The molecule has 0 spiro atoms. The number of H-pyrrole nitrogens is 1. The number of amides is 1. The molecule has 0 aliphatic carbocycles. The van der Waals surface area contributed by atoms with Crippen LogP contribution in [0.3, 0.4) is 0 Å². The first-order valence-electron chi connectivity index (χ1n) is 12.5. The van der Waals surface area contributed by atoms with Crippen LogP contribution in [0.15, 0.2) is 83.8 Å². The van der Waals surface area contributed by atoms with Crippen LogP contribution in [0.4, 0.5) is 0 Å². The first-order valence-corrected chi connectivity index (χ1v) is 12.9. The molecule has 0 radical (unpaired) electrons. The quantitative estimate of drug-likeness (QED) is 0.262. The van der Waals surface area contributed by atoms with Crippen molar-refractivity contribution in [2.24, 2.45) is 5.92 Å². The van der Waals surface area contributed by atoms with Crippen molar-refractivity contribution in [3.8, 4) is 0 Å². The molecule has 188 valence electrons. The van der Waals surface area contributed by atoms with Gasteiger partial charge in [0.05, 0.1) is 5.39 Å². The fraction of sp³-hybridized carbons (Fsp3) is 0.233. The molecule has 0 aliphatic heterocycles. The standard InChI is InChI=1S/C30H29ClN4O2/c1-19(2)15-16-35-30(37)23-12-4-3-11-22(23)28(34-35)29(36)33-18-24(20-9-5-7-13-26(20)31)25-17-32-27-14-8-6-10-21(25)27/h3-14,17,19,24,32H,15-16,18H2,1-2H3,(H,33,36)/t24-/m0/s1. The summed E-state index contributed by atoms with van der Waals surface area (Å²) in [5, 5.41) is 10.4. The van der Waals surface area contributed by atoms with Gasteiger partial charge in [-0.1, -0.05) is 80.0 Å². The normalized spacial score (nSPS) is 12.3. The van der Waals surface area contributed by atoms with E-state index in [1.165, 1.54) is 4.68 Å². The van der Waals surface area contributed by atoms with Gasteiger partial charge in [-0.3, -0.25) is 9.59 Å². The van der Waals surface area contributed by atoms with Gasteiger partial charge in [-0.05, 0) is 41.7 Å². The van der Waals surface area contributed by atoms with Crippen LogP contribution in [0.5, 0.6) is 0 Å². The predicted molar refractivity (Wildman–Crippen MR) is 149 cm³/mol. The Morgan fingerprint density at radius 3 is 2.38 bits per heavy atom. The minimum atomic E-state index is -0.327. The van der Waals surface area contributed by atoms with Crippen LogP contribution >= 0.6 is 11.6 Å². The number of aryl methyl sites for hydroxylation is 1. The highest BCUT2D eigenvalue weighted by molar-refractivity contribution is 6.31. The van der Waals surface area contributed by atoms with Crippen LogP contribution in [-0.2, 0) is 6.54 Å². The molecule has 6 nitrogen and oxygen atoms in total. The van der Waals surface area contributed by atoms with Gasteiger partial charge in [-0.15, -0.1) is 0 Å². The number of nitrogens with one attached hydrogen (secondary N) is 2. The second kappa shape index (κ2) is 10.6. The number of para-hydroxylation sites is 1. The zero-order chi connectivity index (χ0) is 25.9. The molecule has 2 aromatic heterocycles. The second-order valence-corrected chi connectivity index (χ2v) is 10.1. The van der Waals surface area contributed by atoms with Crippen LogP contribution in [-0.4, -0.2) is 27.2 Å². The molecule has 5 rings (SSSR count). The predicted octanol–water partition coefficient (Wildman–Crippen LogP) is 6.14. The highest BCUT2D eigenvalue weighted by atomic mass is 35.5. The Labute approximate surface area is 220 Å². The minimum Gasteiger partial charge on any atom is -0.361 e. The second-order valence-electron chi connectivity index (χ2n) is 9.68. The molecule has 5 aromatic rings. The Bertz CT molecular complexity index is 1640. The Kier molecular flexibility index (Phi) is 7.10. The van der Waals surface area contributed by atoms with Crippen molar-refractivity contribution in [2.75, 3.05) is 6.54 Å². The number of halogens is 1. The number of carbonyl (C=O) groups is 1. The summed E-state index contributed by atoms with van der Waals surface area (Å²) in [6.07, 6.45) is 2.77. The average Bonchev–Trinajstić information content (AvgIpc) is 3.33. The molecule has 1 amide bonds. The van der Waals surface area contributed by atoms with Crippen LogP contribution in [0, 0.1) is 5.92 Å². The van der Waals surface area contributed by atoms with Crippen molar-refractivity contribution in [3.05, 3.63) is 111 Å². The van der Waals surface area contributed by atoms with Crippen LogP contribution in [0.2, 0.25) is 5.02 Å². The van der Waals surface area contributed by atoms with E-state index in [-0.39, 0.29) is 23.1 Å². The van der Waals surface area contributed by atoms with Crippen molar-refractivity contribution in [1.29, 1.82) is 0 Å². The van der Waals surface area contributed by atoms with Crippen molar-refractivity contribution in [3.63, 3.8) is 0 Å². The van der Waals surface area contributed by atoms with Gasteiger partial charge in [0.15, 0.2) is 5.69 Å². The fourth-order valence-corrected chi connectivity index (χ4v) is 5.01. The molecule has 7 heteroatoms. The summed E-state index contributed by atoms with van der Waals surface area (Å²) in [6, 6.07) is 22.9. The monoisotopic (exact) mass is 512 g/mol. The molecule has 0 fully saturated rings. The van der Waals surface area contributed by atoms with Gasteiger partial charge < -0.3 is 10.3 Å². The highest BCUT2D eigenvalue weighted by Gasteiger charge is 2.23. The number of hydrogen-bond acceptors (Lipinski definition) is 3. The maximum atomic E-state index is 13.6. The maximum Gasteiger partial charge on any atom is 0.274 e. The number of hydrogen-bond donors (Lipinski definition) is 2. The molecular formula is C30H29ClN4O2. The third-order valence-corrected chi connectivity index (χ3v) is 7.09. The molecule has 37 heavy (non-hydrogen) atoms. The Hall–Kier alpha value is -3.90. The van der Waals surface area contributed by atoms with Crippen LogP contribution in [0.1, 0.15) is 47.8 Å². The summed E-state index contributed by atoms with van der Waals surface area (Å²) in [4.78, 5) is 30.0. The van der Waals surface area contributed by atoms with E-state index < -0.39 is 0 Å². The third kappa shape index (κ3) is 5.02.